The molecule has 1 heterocycles. The molecule has 3 heteroatoms. The third-order valence-electron chi connectivity index (χ3n) is 1.79. The van der Waals surface area contributed by atoms with E-state index in [-0.39, 0.29) is 6.04 Å². The molecule has 1 unspecified atom stereocenters. The lowest BCUT2D eigenvalue weighted by Gasteiger charge is -2.08. The second kappa shape index (κ2) is 4.85. The maximum absolute atomic E-state index is 5.86. The molecule has 0 radical (unpaired) electrons. The van der Waals surface area contributed by atoms with Crippen molar-refractivity contribution in [2.45, 2.75) is 18.9 Å². The fraction of sp³-hybridized carbons (Fsp3) is 0.444. The van der Waals surface area contributed by atoms with Gasteiger partial charge in [-0.1, -0.05) is 6.07 Å². The number of hydrogen-bond acceptors (Lipinski definition) is 3. The zero-order valence-electron chi connectivity index (χ0n) is 7.11. The van der Waals surface area contributed by atoms with E-state index >= 15 is 0 Å². The van der Waals surface area contributed by atoms with Gasteiger partial charge in [-0.05, 0) is 31.5 Å². The first-order chi connectivity index (χ1) is 5.84. The van der Waals surface area contributed by atoms with Crippen molar-refractivity contribution in [2.24, 2.45) is 11.5 Å². The highest BCUT2D eigenvalue weighted by Gasteiger charge is 2.04. The Morgan fingerprint density at radius 3 is 2.83 bits per heavy atom. The summed E-state index contributed by atoms with van der Waals surface area (Å²) in [4.78, 5) is 4.17. The lowest BCUT2D eigenvalue weighted by molar-refractivity contribution is 0.604. The van der Waals surface area contributed by atoms with Crippen LogP contribution in [0.3, 0.4) is 0 Å². The van der Waals surface area contributed by atoms with Gasteiger partial charge in [-0.25, -0.2) is 0 Å². The molecule has 0 bridgehead atoms. The summed E-state index contributed by atoms with van der Waals surface area (Å²) >= 11 is 0. The van der Waals surface area contributed by atoms with Crippen LogP contribution in [0.25, 0.3) is 0 Å². The summed E-state index contributed by atoms with van der Waals surface area (Å²) < 4.78 is 0. The molecule has 66 valence electrons. The highest BCUT2D eigenvalue weighted by Crippen LogP contribution is 2.11. The number of nitrogens with zero attached hydrogens (tertiary/aromatic N) is 1. The Hall–Kier alpha value is -0.930. The molecular weight excluding hydrogens is 150 g/mol. The van der Waals surface area contributed by atoms with Gasteiger partial charge in [0.25, 0.3) is 0 Å². The summed E-state index contributed by atoms with van der Waals surface area (Å²) in [5.41, 5.74) is 12.2. The van der Waals surface area contributed by atoms with E-state index in [1.807, 2.05) is 18.2 Å². The maximum Gasteiger partial charge on any atom is 0.0570 e. The van der Waals surface area contributed by atoms with E-state index in [1.54, 1.807) is 6.20 Å². The van der Waals surface area contributed by atoms with E-state index < -0.39 is 0 Å². The van der Waals surface area contributed by atoms with Gasteiger partial charge in [0.15, 0.2) is 0 Å². The standard InChI is InChI=1S/C9H15N3/c10-6-3-4-8(11)9-5-1-2-7-12-9/h1-2,5,7-8H,3-4,6,10-11H2. The Kier molecular flexibility index (Phi) is 3.70. The Morgan fingerprint density at radius 1 is 1.42 bits per heavy atom. The predicted octanol–water partition coefficient (Wildman–Crippen LogP) is 0.820. The molecule has 4 N–H and O–H groups in total. The molecule has 0 aromatic carbocycles. The highest BCUT2D eigenvalue weighted by molar-refractivity contribution is 5.07. The zero-order valence-corrected chi connectivity index (χ0v) is 7.11. The Balaban J connectivity index is 2.48. The van der Waals surface area contributed by atoms with Crippen molar-refractivity contribution < 1.29 is 0 Å². The van der Waals surface area contributed by atoms with Crippen LogP contribution in [-0.4, -0.2) is 11.5 Å². The fourth-order valence-corrected chi connectivity index (χ4v) is 1.08. The number of hydrogen-bond donors (Lipinski definition) is 2. The fourth-order valence-electron chi connectivity index (χ4n) is 1.08. The van der Waals surface area contributed by atoms with Crippen LogP contribution in [0.4, 0.5) is 0 Å². The lowest BCUT2D eigenvalue weighted by Crippen LogP contribution is -2.13. The number of rotatable bonds is 4. The minimum absolute atomic E-state index is 0.0368. The summed E-state index contributed by atoms with van der Waals surface area (Å²) in [7, 11) is 0. The van der Waals surface area contributed by atoms with Gasteiger partial charge in [0.2, 0.25) is 0 Å². The van der Waals surface area contributed by atoms with Gasteiger partial charge in [0.1, 0.15) is 0 Å². The topological polar surface area (TPSA) is 64.9 Å². The number of nitrogens with two attached hydrogens (primary N) is 2. The van der Waals surface area contributed by atoms with E-state index in [2.05, 4.69) is 4.98 Å². The quantitative estimate of drug-likeness (QED) is 0.694. The average Bonchev–Trinajstić information content (AvgIpc) is 2.15. The molecule has 0 saturated heterocycles. The molecule has 0 saturated carbocycles. The van der Waals surface area contributed by atoms with Gasteiger partial charge >= 0.3 is 0 Å². The molecule has 1 atom stereocenters. The van der Waals surface area contributed by atoms with Crippen LogP contribution in [0.1, 0.15) is 24.6 Å². The number of aromatic nitrogens is 1. The van der Waals surface area contributed by atoms with Crippen LogP contribution in [0.15, 0.2) is 24.4 Å². The Morgan fingerprint density at radius 2 is 2.25 bits per heavy atom. The average molecular weight is 165 g/mol. The van der Waals surface area contributed by atoms with Crippen LogP contribution < -0.4 is 11.5 Å². The molecule has 3 nitrogen and oxygen atoms in total. The van der Waals surface area contributed by atoms with Crippen LogP contribution in [0.5, 0.6) is 0 Å². The SMILES string of the molecule is NCCCC(N)c1ccccn1. The smallest absolute Gasteiger partial charge is 0.0570 e. The first kappa shape index (κ1) is 9.16. The summed E-state index contributed by atoms with van der Waals surface area (Å²) in [6, 6.07) is 5.82. The Labute approximate surface area is 72.8 Å². The van der Waals surface area contributed by atoms with E-state index in [9.17, 15) is 0 Å². The second-order valence-corrected chi connectivity index (χ2v) is 2.79. The molecule has 0 amide bonds. The highest BCUT2D eigenvalue weighted by atomic mass is 14.8. The first-order valence-electron chi connectivity index (χ1n) is 4.21. The second-order valence-electron chi connectivity index (χ2n) is 2.79. The molecule has 1 aromatic heterocycles. The van der Waals surface area contributed by atoms with Gasteiger partial charge < -0.3 is 11.5 Å². The molecule has 1 aromatic rings. The number of pyridine rings is 1. The van der Waals surface area contributed by atoms with Crippen molar-refractivity contribution in [3.05, 3.63) is 30.1 Å². The van der Waals surface area contributed by atoms with Crippen molar-refractivity contribution in [2.75, 3.05) is 6.54 Å². The van der Waals surface area contributed by atoms with Gasteiger partial charge in [-0.15, -0.1) is 0 Å². The van der Waals surface area contributed by atoms with Gasteiger partial charge in [0, 0.05) is 12.2 Å². The van der Waals surface area contributed by atoms with Crippen molar-refractivity contribution in [1.82, 2.24) is 4.98 Å². The first-order valence-corrected chi connectivity index (χ1v) is 4.21. The predicted molar refractivity (Wildman–Crippen MR) is 49.5 cm³/mol. The normalized spacial score (nSPS) is 12.8. The zero-order chi connectivity index (χ0) is 8.81. The van der Waals surface area contributed by atoms with Gasteiger partial charge in [-0.2, -0.15) is 0 Å². The largest absolute Gasteiger partial charge is 0.330 e. The monoisotopic (exact) mass is 165 g/mol. The van der Waals surface area contributed by atoms with Crippen molar-refractivity contribution in [1.29, 1.82) is 0 Å². The third-order valence-corrected chi connectivity index (χ3v) is 1.79. The van der Waals surface area contributed by atoms with Gasteiger partial charge in [0.05, 0.1) is 5.69 Å². The minimum atomic E-state index is 0.0368. The summed E-state index contributed by atoms with van der Waals surface area (Å²) in [5, 5.41) is 0. The van der Waals surface area contributed by atoms with Crippen LogP contribution in [-0.2, 0) is 0 Å². The van der Waals surface area contributed by atoms with Crippen molar-refractivity contribution in [3.8, 4) is 0 Å². The summed E-state index contributed by atoms with van der Waals surface area (Å²) in [6.45, 7) is 0.695. The third kappa shape index (κ3) is 2.60. The van der Waals surface area contributed by atoms with E-state index in [0.29, 0.717) is 6.54 Å². The maximum atomic E-state index is 5.86. The molecule has 0 aliphatic carbocycles. The minimum Gasteiger partial charge on any atom is -0.330 e. The van der Waals surface area contributed by atoms with E-state index in [1.165, 1.54) is 0 Å². The van der Waals surface area contributed by atoms with Crippen LogP contribution in [0, 0.1) is 0 Å². The summed E-state index contributed by atoms with van der Waals surface area (Å²) in [6.07, 6.45) is 3.63. The van der Waals surface area contributed by atoms with Gasteiger partial charge in [-0.3, -0.25) is 4.98 Å². The van der Waals surface area contributed by atoms with Crippen molar-refractivity contribution in [3.63, 3.8) is 0 Å². The van der Waals surface area contributed by atoms with E-state index in [4.69, 9.17) is 11.5 Å². The molecule has 12 heavy (non-hydrogen) atoms. The molecule has 1 rings (SSSR count). The van der Waals surface area contributed by atoms with Crippen LogP contribution >= 0.6 is 0 Å². The van der Waals surface area contributed by atoms with Crippen LogP contribution in [0.2, 0.25) is 0 Å². The summed E-state index contributed by atoms with van der Waals surface area (Å²) in [5.74, 6) is 0. The Bertz CT molecular complexity index is 210. The van der Waals surface area contributed by atoms with E-state index in [0.717, 1.165) is 18.5 Å². The lowest BCUT2D eigenvalue weighted by atomic mass is 10.1. The molecule has 0 aliphatic heterocycles. The molecular formula is C9H15N3. The molecule has 0 fully saturated rings. The van der Waals surface area contributed by atoms with Crippen molar-refractivity contribution >= 4 is 0 Å². The molecule has 0 aliphatic rings. The molecule has 0 spiro atoms.